The summed E-state index contributed by atoms with van der Waals surface area (Å²) in [5, 5.41) is 3.55. The van der Waals surface area contributed by atoms with E-state index in [1.165, 1.54) is 31.2 Å². The van der Waals surface area contributed by atoms with Crippen LogP contribution < -0.4 is 5.32 Å². The molecular weight excluding hydrogens is 224 g/mol. The number of hydrogen-bond acceptors (Lipinski definition) is 3. The van der Waals surface area contributed by atoms with E-state index in [0.29, 0.717) is 0 Å². The number of aromatic nitrogens is 1. The normalized spacial score (nSPS) is 15.4. The van der Waals surface area contributed by atoms with Gasteiger partial charge in [0.2, 0.25) is 0 Å². The SMILES string of the molecule is Cc1nc2cc(CCCCNC3CC3)ccc2o1. The smallest absolute Gasteiger partial charge is 0.192 e. The molecule has 1 fully saturated rings. The second kappa shape index (κ2) is 5.11. The summed E-state index contributed by atoms with van der Waals surface area (Å²) in [4.78, 5) is 4.37. The van der Waals surface area contributed by atoms with Gasteiger partial charge >= 0.3 is 0 Å². The predicted molar refractivity (Wildman–Crippen MR) is 72.7 cm³/mol. The van der Waals surface area contributed by atoms with Crippen molar-refractivity contribution < 1.29 is 4.42 Å². The van der Waals surface area contributed by atoms with Gasteiger partial charge in [-0.2, -0.15) is 0 Å². The van der Waals surface area contributed by atoms with Crippen molar-refractivity contribution in [3.8, 4) is 0 Å². The molecule has 0 unspecified atom stereocenters. The lowest BCUT2D eigenvalue weighted by Crippen LogP contribution is -2.17. The van der Waals surface area contributed by atoms with Crippen LogP contribution in [0.5, 0.6) is 0 Å². The minimum atomic E-state index is 0.746. The van der Waals surface area contributed by atoms with Crippen molar-refractivity contribution >= 4 is 11.1 Å². The molecule has 1 aliphatic carbocycles. The maximum Gasteiger partial charge on any atom is 0.192 e. The van der Waals surface area contributed by atoms with Crippen molar-refractivity contribution in [3.63, 3.8) is 0 Å². The lowest BCUT2D eigenvalue weighted by molar-refractivity contribution is 0.561. The van der Waals surface area contributed by atoms with Gasteiger partial charge in [0.25, 0.3) is 0 Å². The number of aryl methyl sites for hydroxylation is 2. The lowest BCUT2D eigenvalue weighted by atomic mass is 10.1. The minimum Gasteiger partial charge on any atom is -0.441 e. The second-order valence-electron chi connectivity index (χ2n) is 5.22. The molecule has 96 valence electrons. The standard InChI is InChI=1S/C15H20N2O/c1-11-17-14-10-12(5-8-15(14)18-11)4-2-3-9-16-13-6-7-13/h5,8,10,13,16H,2-4,6-7,9H2,1H3. The third-order valence-electron chi connectivity index (χ3n) is 3.46. The molecular formula is C15H20N2O. The number of nitrogens with one attached hydrogen (secondary N) is 1. The third kappa shape index (κ3) is 2.91. The van der Waals surface area contributed by atoms with Crippen LogP contribution in [0.25, 0.3) is 11.1 Å². The van der Waals surface area contributed by atoms with Crippen LogP contribution in [0.3, 0.4) is 0 Å². The van der Waals surface area contributed by atoms with E-state index in [-0.39, 0.29) is 0 Å². The van der Waals surface area contributed by atoms with Gasteiger partial charge in [0, 0.05) is 13.0 Å². The lowest BCUT2D eigenvalue weighted by Gasteiger charge is -2.03. The maximum atomic E-state index is 5.48. The van der Waals surface area contributed by atoms with E-state index in [9.17, 15) is 0 Å². The zero-order valence-electron chi connectivity index (χ0n) is 10.9. The highest BCUT2D eigenvalue weighted by Crippen LogP contribution is 2.19. The summed E-state index contributed by atoms with van der Waals surface area (Å²) in [6.45, 7) is 3.05. The predicted octanol–water partition coefficient (Wildman–Crippen LogP) is 3.21. The van der Waals surface area contributed by atoms with Crippen LogP contribution in [0.15, 0.2) is 22.6 Å². The number of oxazole rings is 1. The van der Waals surface area contributed by atoms with Crippen LogP contribution in [-0.4, -0.2) is 17.6 Å². The van der Waals surface area contributed by atoms with E-state index >= 15 is 0 Å². The first-order chi connectivity index (χ1) is 8.81. The molecule has 3 nitrogen and oxygen atoms in total. The van der Waals surface area contributed by atoms with Gasteiger partial charge in [-0.05, 0) is 56.3 Å². The summed E-state index contributed by atoms with van der Waals surface area (Å²) in [5.41, 5.74) is 3.25. The molecule has 1 heterocycles. The molecule has 1 saturated carbocycles. The fraction of sp³-hybridized carbons (Fsp3) is 0.533. The summed E-state index contributed by atoms with van der Waals surface area (Å²) < 4.78 is 5.48. The molecule has 0 saturated heterocycles. The summed E-state index contributed by atoms with van der Waals surface area (Å²) in [6, 6.07) is 7.17. The first-order valence-corrected chi connectivity index (χ1v) is 6.91. The van der Waals surface area contributed by atoms with Crippen molar-refractivity contribution in [2.45, 2.75) is 45.1 Å². The van der Waals surface area contributed by atoms with E-state index in [2.05, 4.69) is 22.4 Å². The van der Waals surface area contributed by atoms with Crippen molar-refractivity contribution in [1.82, 2.24) is 10.3 Å². The van der Waals surface area contributed by atoms with Crippen molar-refractivity contribution in [3.05, 3.63) is 29.7 Å². The summed E-state index contributed by atoms with van der Waals surface area (Å²) in [5.74, 6) is 0.746. The van der Waals surface area contributed by atoms with Gasteiger partial charge in [0.05, 0.1) is 0 Å². The second-order valence-corrected chi connectivity index (χ2v) is 5.22. The molecule has 0 bridgehead atoms. The first-order valence-electron chi connectivity index (χ1n) is 6.91. The zero-order valence-corrected chi connectivity index (χ0v) is 10.9. The molecule has 0 amide bonds. The van der Waals surface area contributed by atoms with E-state index in [1.54, 1.807) is 0 Å². The van der Waals surface area contributed by atoms with Crippen molar-refractivity contribution in [2.24, 2.45) is 0 Å². The van der Waals surface area contributed by atoms with Crippen molar-refractivity contribution in [1.29, 1.82) is 0 Å². The Labute approximate surface area is 108 Å². The van der Waals surface area contributed by atoms with Gasteiger partial charge in [-0.1, -0.05) is 6.07 Å². The fourth-order valence-electron chi connectivity index (χ4n) is 2.29. The largest absolute Gasteiger partial charge is 0.441 e. The first kappa shape index (κ1) is 11.7. The van der Waals surface area contributed by atoms with Gasteiger partial charge in [-0.3, -0.25) is 0 Å². The highest BCUT2D eigenvalue weighted by molar-refractivity contribution is 5.73. The Kier molecular flexibility index (Phi) is 3.33. The number of fused-ring (bicyclic) bond motifs is 1. The van der Waals surface area contributed by atoms with Crippen LogP contribution >= 0.6 is 0 Å². The molecule has 1 aromatic carbocycles. The van der Waals surface area contributed by atoms with E-state index < -0.39 is 0 Å². The molecule has 3 rings (SSSR count). The Morgan fingerprint density at radius 1 is 1.33 bits per heavy atom. The van der Waals surface area contributed by atoms with Crippen molar-refractivity contribution in [2.75, 3.05) is 6.54 Å². The van der Waals surface area contributed by atoms with Gasteiger partial charge in [0.15, 0.2) is 11.5 Å². The molecule has 1 aliphatic rings. The third-order valence-corrected chi connectivity index (χ3v) is 3.46. The molecule has 3 heteroatoms. The number of benzene rings is 1. The maximum absolute atomic E-state index is 5.48. The van der Waals surface area contributed by atoms with Crippen LogP contribution in [-0.2, 0) is 6.42 Å². The van der Waals surface area contributed by atoms with Crippen LogP contribution in [0.2, 0.25) is 0 Å². The molecule has 0 spiro atoms. The average Bonchev–Trinajstić information content (AvgIpc) is 3.09. The van der Waals surface area contributed by atoms with E-state index in [1.807, 2.05) is 13.0 Å². The Morgan fingerprint density at radius 3 is 3.06 bits per heavy atom. The average molecular weight is 244 g/mol. The topological polar surface area (TPSA) is 38.1 Å². The monoisotopic (exact) mass is 244 g/mol. The highest BCUT2D eigenvalue weighted by atomic mass is 16.3. The van der Waals surface area contributed by atoms with Crippen LogP contribution in [0, 0.1) is 6.92 Å². The zero-order chi connectivity index (χ0) is 12.4. The highest BCUT2D eigenvalue weighted by Gasteiger charge is 2.19. The molecule has 0 radical (unpaired) electrons. The number of hydrogen-bond donors (Lipinski definition) is 1. The van der Waals surface area contributed by atoms with E-state index in [4.69, 9.17) is 4.42 Å². The number of unbranched alkanes of at least 4 members (excludes halogenated alkanes) is 1. The van der Waals surface area contributed by atoms with E-state index in [0.717, 1.165) is 36.0 Å². The Bertz CT molecular complexity index is 528. The Morgan fingerprint density at radius 2 is 2.22 bits per heavy atom. The fourth-order valence-corrected chi connectivity index (χ4v) is 2.29. The number of rotatable bonds is 6. The molecule has 18 heavy (non-hydrogen) atoms. The minimum absolute atomic E-state index is 0.746. The summed E-state index contributed by atoms with van der Waals surface area (Å²) >= 11 is 0. The Balaban J connectivity index is 1.50. The van der Waals surface area contributed by atoms with Gasteiger partial charge in [0.1, 0.15) is 5.52 Å². The molecule has 1 aromatic heterocycles. The molecule has 2 aromatic rings. The van der Waals surface area contributed by atoms with Gasteiger partial charge < -0.3 is 9.73 Å². The number of nitrogens with zero attached hydrogens (tertiary/aromatic N) is 1. The summed E-state index contributed by atoms with van der Waals surface area (Å²) in [6.07, 6.45) is 6.38. The molecule has 1 N–H and O–H groups in total. The van der Waals surface area contributed by atoms with Gasteiger partial charge in [-0.15, -0.1) is 0 Å². The molecule has 0 atom stereocenters. The quantitative estimate of drug-likeness (QED) is 0.793. The molecule has 0 aliphatic heterocycles. The van der Waals surface area contributed by atoms with Crippen LogP contribution in [0.1, 0.15) is 37.1 Å². The van der Waals surface area contributed by atoms with Crippen LogP contribution in [0.4, 0.5) is 0 Å². The Hall–Kier alpha value is -1.35. The van der Waals surface area contributed by atoms with Gasteiger partial charge in [-0.25, -0.2) is 4.98 Å². The summed E-state index contributed by atoms with van der Waals surface area (Å²) in [7, 11) is 0.